The predicted molar refractivity (Wildman–Crippen MR) is 143 cm³/mol. The Hall–Kier alpha value is -4.14. The number of fused-ring (bicyclic) bond motifs is 1. The van der Waals surface area contributed by atoms with Gasteiger partial charge < -0.3 is 15.4 Å². The molecule has 1 unspecified atom stereocenters. The maximum absolute atomic E-state index is 13.9. The Labute approximate surface area is 221 Å². The molecule has 4 rings (SSSR count). The zero-order valence-electron chi connectivity index (χ0n) is 21.4. The van der Waals surface area contributed by atoms with Crippen LogP contribution in [-0.2, 0) is 24.0 Å². The highest BCUT2D eigenvalue weighted by Gasteiger charge is 2.35. The first-order valence-corrected chi connectivity index (χ1v) is 13.0. The molecule has 3 amide bonds. The average molecular weight is 517 g/mol. The standard InChI is InChI=1S/C29H32N4O5/c1-19(35)16-22(18-34)30-25(36)17-33-24-15-9-8-14-23(24)26(20-10-4-2-5-11-20)31-27(29(33)38)32-28(37)21-12-6-3-7-13-21/h2,4-5,8-11,14-15,18,21-22,27H,3,6-7,12-13,16-17H2,1H3,(H,30,36)(H,32,37)/t22-,27?/m0/s1. The maximum Gasteiger partial charge on any atom is 0.272 e. The molecule has 9 nitrogen and oxygen atoms in total. The van der Waals surface area contributed by atoms with E-state index in [0.29, 0.717) is 23.2 Å². The maximum atomic E-state index is 13.9. The SMILES string of the molecule is CC(=O)C[C@@H](C=O)NC(=O)CN1C(=O)C(NC(=O)C2CCCCC2)N=C(c2ccccc2)c2ccccc21. The van der Waals surface area contributed by atoms with E-state index in [2.05, 4.69) is 10.6 Å². The van der Waals surface area contributed by atoms with E-state index < -0.39 is 30.6 Å². The van der Waals surface area contributed by atoms with Gasteiger partial charge in [0.1, 0.15) is 18.6 Å². The second-order valence-electron chi connectivity index (χ2n) is 9.75. The van der Waals surface area contributed by atoms with Crippen molar-refractivity contribution >= 4 is 41.2 Å². The number of para-hydroxylation sites is 1. The van der Waals surface area contributed by atoms with Crippen molar-refractivity contribution in [2.45, 2.75) is 57.7 Å². The van der Waals surface area contributed by atoms with Crippen molar-refractivity contribution in [2.75, 3.05) is 11.4 Å². The summed E-state index contributed by atoms with van der Waals surface area (Å²) in [6.45, 7) is 0.921. The molecule has 1 aliphatic heterocycles. The highest BCUT2D eigenvalue weighted by molar-refractivity contribution is 6.21. The summed E-state index contributed by atoms with van der Waals surface area (Å²) in [6.07, 6.45) is 3.67. The summed E-state index contributed by atoms with van der Waals surface area (Å²) in [7, 11) is 0. The largest absolute Gasteiger partial charge is 0.345 e. The van der Waals surface area contributed by atoms with Gasteiger partial charge in [-0.1, -0.05) is 67.8 Å². The van der Waals surface area contributed by atoms with E-state index in [4.69, 9.17) is 4.99 Å². The quantitative estimate of drug-likeness (QED) is 0.496. The van der Waals surface area contributed by atoms with E-state index in [1.54, 1.807) is 12.1 Å². The minimum absolute atomic E-state index is 0.138. The van der Waals surface area contributed by atoms with Crippen LogP contribution in [0.2, 0.25) is 0 Å². The molecule has 0 aromatic heterocycles. The number of amides is 3. The van der Waals surface area contributed by atoms with E-state index in [-0.39, 0.29) is 24.0 Å². The van der Waals surface area contributed by atoms with Crippen LogP contribution in [0.1, 0.15) is 56.6 Å². The summed E-state index contributed by atoms with van der Waals surface area (Å²) in [5.74, 6) is -1.82. The lowest BCUT2D eigenvalue weighted by atomic mass is 9.88. The number of ketones is 1. The average Bonchev–Trinajstić information content (AvgIpc) is 3.04. The van der Waals surface area contributed by atoms with E-state index in [0.717, 1.165) is 37.7 Å². The van der Waals surface area contributed by atoms with Crippen molar-refractivity contribution in [3.05, 3.63) is 65.7 Å². The van der Waals surface area contributed by atoms with Gasteiger partial charge in [0.05, 0.1) is 17.4 Å². The first-order valence-electron chi connectivity index (χ1n) is 13.0. The number of rotatable bonds is 9. The lowest BCUT2D eigenvalue weighted by molar-refractivity contribution is -0.131. The molecule has 2 N–H and O–H groups in total. The lowest BCUT2D eigenvalue weighted by Gasteiger charge is -2.27. The summed E-state index contributed by atoms with van der Waals surface area (Å²) < 4.78 is 0. The monoisotopic (exact) mass is 516 g/mol. The molecule has 198 valence electrons. The van der Waals surface area contributed by atoms with E-state index >= 15 is 0 Å². The fourth-order valence-corrected chi connectivity index (χ4v) is 4.97. The van der Waals surface area contributed by atoms with Gasteiger partial charge in [-0.25, -0.2) is 4.99 Å². The van der Waals surface area contributed by atoms with Crippen molar-refractivity contribution < 1.29 is 24.0 Å². The zero-order chi connectivity index (χ0) is 27.1. The number of carbonyl (C=O) groups is 5. The van der Waals surface area contributed by atoms with Crippen LogP contribution in [0.4, 0.5) is 5.69 Å². The number of anilines is 1. The molecule has 0 radical (unpaired) electrons. The van der Waals surface area contributed by atoms with Crippen molar-refractivity contribution in [1.29, 1.82) is 0 Å². The number of benzodiazepines with no additional fused rings is 1. The Kier molecular flexibility index (Phi) is 8.78. The van der Waals surface area contributed by atoms with Crippen LogP contribution in [0.3, 0.4) is 0 Å². The number of aldehydes is 1. The Balaban J connectivity index is 1.69. The van der Waals surface area contributed by atoms with Gasteiger partial charge >= 0.3 is 0 Å². The van der Waals surface area contributed by atoms with Crippen LogP contribution in [-0.4, -0.2) is 54.3 Å². The van der Waals surface area contributed by atoms with Gasteiger partial charge in [0.25, 0.3) is 5.91 Å². The first-order chi connectivity index (χ1) is 18.4. The third-order valence-electron chi connectivity index (χ3n) is 6.83. The third-order valence-corrected chi connectivity index (χ3v) is 6.83. The molecule has 1 aliphatic carbocycles. The molecule has 2 aliphatic rings. The number of hydrogen-bond donors (Lipinski definition) is 2. The van der Waals surface area contributed by atoms with E-state index in [9.17, 15) is 24.0 Å². The number of benzene rings is 2. The van der Waals surface area contributed by atoms with Crippen molar-refractivity contribution in [2.24, 2.45) is 10.9 Å². The van der Waals surface area contributed by atoms with Gasteiger partial charge in [-0.3, -0.25) is 24.1 Å². The van der Waals surface area contributed by atoms with Gasteiger partial charge in [-0.15, -0.1) is 0 Å². The smallest absolute Gasteiger partial charge is 0.272 e. The fourth-order valence-electron chi connectivity index (χ4n) is 4.97. The topological polar surface area (TPSA) is 125 Å². The molecule has 1 saturated carbocycles. The van der Waals surface area contributed by atoms with Crippen molar-refractivity contribution in [1.82, 2.24) is 10.6 Å². The van der Waals surface area contributed by atoms with Gasteiger partial charge in [0.15, 0.2) is 0 Å². The molecule has 0 bridgehead atoms. The molecule has 0 saturated heterocycles. The molecule has 9 heteroatoms. The summed E-state index contributed by atoms with van der Waals surface area (Å²) in [6, 6.07) is 15.5. The Morgan fingerprint density at radius 3 is 2.39 bits per heavy atom. The molecule has 1 heterocycles. The number of hydrogen-bond acceptors (Lipinski definition) is 6. The second kappa shape index (κ2) is 12.4. The molecule has 2 aromatic rings. The zero-order valence-corrected chi connectivity index (χ0v) is 21.4. The molecule has 0 spiro atoms. The van der Waals surface area contributed by atoms with Crippen LogP contribution in [0.15, 0.2) is 59.6 Å². The second-order valence-corrected chi connectivity index (χ2v) is 9.75. The molecular formula is C29H32N4O5. The summed E-state index contributed by atoms with van der Waals surface area (Å²) in [5, 5.41) is 5.36. The van der Waals surface area contributed by atoms with Gasteiger partial charge in [-0.2, -0.15) is 0 Å². The predicted octanol–water partition coefficient (Wildman–Crippen LogP) is 2.56. The summed E-state index contributed by atoms with van der Waals surface area (Å²) >= 11 is 0. The van der Waals surface area contributed by atoms with Crippen molar-refractivity contribution in [3.63, 3.8) is 0 Å². The van der Waals surface area contributed by atoms with E-state index in [1.165, 1.54) is 11.8 Å². The van der Waals surface area contributed by atoms with Crippen LogP contribution in [0.25, 0.3) is 0 Å². The summed E-state index contributed by atoms with van der Waals surface area (Å²) in [5.41, 5.74) is 2.37. The third kappa shape index (κ3) is 6.40. The molecule has 38 heavy (non-hydrogen) atoms. The fraction of sp³-hybridized carbons (Fsp3) is 0.379. The first kappa shape index (κ1) is 26.9. The van der Waals surface area contributed by atoms with Crippen LogP contribution in [0, 0.1) is 5.92 Å². The van der Waals surface area contributed by atoms with Crippen LogP contribution < -0.4 is 15.5 Å². The number of carbonyl (C=O) groups excluding carboxylic acids is 5. The van der Waals surface area contributed by atoms with E-state index in [1.807, 2.05) is 42.5 Å². The highest BCUT2D eigenvalue weighted by Crippen LogP contribution is 2.29. The molecule has 2 aromatic carbocycles. The molecular weight excluding hydrogens is 484 g/mol. The van der Waals surface area contributed by atoms with Crippen molar-refractivity contribution in [3.8, 4) is 0 Å². The molecule has 2 atom stereocenters. The number of aliphatic imine (C=N–C) groups is 1. The Morgan fingerprint density at radius 1 is 1.03 bits per heavy atom. The van der Waals surface area contributed by atoms with Gasteiger partial charge in [-0.05, 0) is 25.8 Å². The van der Waals surface area contributed by atoms with Gasteiger partial charge in [0.2, 0.25) is 18.0 Å². The minimum Gasteiger partial charge on any atom is -0.345 e. The normalized spacial score (nSPS) is 18.4. The van der Waals surface area contributed by atoms with Gasteiger partial charge in [0, 0.05) is 23.5 Å². The number of nitrogens with zero attached hydrogens (tertiary/aromatic N) is 2. The lowest BCUT2D eigenvalue weighted by Crippen LogP contribution is -2.52. The molecule has 1 fully saturated rings. The minimum atomic E-state index is -1.24. The Bertz CT molecular complexity index is 1240. The summed E-state index contributed by atoms with van der Waals surface area (Å²) in [4.78, 5) is 68.9. The number of nitrogens with one attached hydrogen (secondary N) is 2. The highest BCUT2D eigenvalue weighted by atomic mass is 16.2. The Morgan fingerprint density at radius 2 is 1.71 bits per heavy atom. The number of Topliss-reactive ketones (excluding diaryl/α,β-unsaturated/α-hetero) is 1. The van der Waals surface area contributed by atoms with Crippen LogP contribution in [0.5, 0.6) is 0 Å². The van der Waals surface area contributed by atoms with Crippen LogP contribution >= 0.6 is 0 Å².